The number of rotatable bonds is 7. The molecule has 2 heterocycles. The number of benzene rings is 2. The Labute approximate surface area is 202 Å². The number of aromatic nitrogens is 2. The van der Waals surface area contributed by atoms with Crippen molar-refractivity contribution in [2.24, 2.45) is 0 Å². The third kappa shape index (κ3) is 4.86. The van der Waals surface area contributed by atoms with Gasteiger partial charge in [0, 0.05) is 20.1 Å². The maximum Gasteiger partial charge on any atom is 0.330 e. The summed E-state index contributed by atoms with van der Waals surface area (Å²) in [5.74, 6) is 1.12. The Hall–Kier alpha value is -4.21. The van der Waals surface area contributed by atoms with Crippen LogP contribution in [0.1, 0.15) is 16.7 Å². The molecule has 1 aliphatic heterocycles. The highest BCUT2D eigenvalue weighted by Crippen LogP contribution is 2.33. The largest absolute Gasteiger partial charge is 0.493 e. The van der Waals surface area contributed by atoms with E-state index in [1.54, 1.807) is 26.2 Å². The van der Waals surface area contributed by atoms with E-state index in [-0.39, 0.29) is 30.5 Å². The second-order valence-corrected chi connectivity index (χ2v) is 8.46. The summed E-state index contributed by atoms with van der Waals surface area (Å²) < 4.78 is 12.1. The molecule has 0 saturated carbocycles. The first-order valence-corrected chi connectivity index (χ1v) is 11.2. The van der Waals surface area contributed by atoms with E-state index in [0.29, 0.717) is 31.0 Å². The molecule has 184 valence electrons. The number of carbonyl (C=O) groups excluding carboxylic acids is 1. The molecule has 4 rings (SSSR count). The van der Waals surface area contributed by atoms with Gasteiger partial charge in [0.15, 0.2) is 11.5 Å². The number of hydrogen-bond donors (Lipinski definition) is 2. The van der Waals surface area contributed by atoms with Crippen LogP contribution in [0.5, 0.6) is 11.5 Å². The predicted molar refractivity (Wildman–Crippen MR) is 133 cm³/mol. The van der Waals surface area contributed by atoms with Crippen LogP contribution in [0, 0.1) is 0 Å². The van der Waals surface area contributed by atoms with Gasteiger partial charge in [-0.25, -0.2) is 4.79 Å². The summed E-state index contributed by atoms with van der Waals surface area (Å²) in [5.41, 5.74) is 8.06. The molecule has 3 aromatic rings. The zero-order valence-corrected chi connectivity index (χ0v) is 20.0. The second kappa shape index (κ2) is 9.96. The first kappa shape index (κ1) is 23.9. The Kier molecular flexibility index (Phi) is 6.81. The lowest BCUT2D eigenvalue weighted by molar-refractivity contribution is -0.130. The zero-order chi connectivity index (χ0) is 25.1. The van der Waals surface area contributed by atoms with Crippen molar-refractivity contribution >= 4 is 17.4 Å². The van der Waals surface area contributed by atoms with E-state index in [4.69, 9.17) is 15.2 Å². The Morgan fingerprint density at radius 2 is 1.74 bits per heavy atom. The molecule has 0 radical (unpaired) electrons. The van der Waals surface area contributed by atoms with Crippen LogP contribution in [0.4, 0.5) is 11.5 Å². The van der Waals surface area contributed by atoms with Crippen molar-refractivity contribution in [2.45, 2.75) is 19.5 Å². The number of fused-ring (bicyclic) bond motifs is 1. The van der Waals surface area contributed by atoms with Gasteiger partial charge in [0.25, 0.3) is 5.56 Å². The molecule has 0 unspecified atom stereocenters. The van der Waals surface area contributed by atoms with Gasteiger partial charge in [0.2, 0.25) is 5.91 Å². The number of carbonyl (C=O) groups is 1. The molecule has 0 aliphatic carbocycles. The van der Waals surface area contributed by atoms with Crippen LogP contribution in [0.15, 0.2) is 52.1 Å². The van der Waals surface area contributed by atoms with E-state index < -0.39 is 11.2 Å². The van der Waals surface area contributed by atoms with Gasteiger partial charge in [-0.2, -0.15) is 0 Å². The van der Waals surface area contributed by atoms with Gasteiger partial charge in [0.1, 0.15) is 11.5 Å². The lowest BCUT2D eigenvalue weighted by Gasteiger charge is -2.31. The van der Waals surface area contributed by atoms with Crippen LogP contribution in [0.25, 0.3) is 0 Å². The summed E-state index contributed by atoms with van der Waals surface area (Å²) in [6.45, 7) is 1.08. The summed E-state index contributed by atoms with van der Waals surface area (Å²) >= 11 is 0. The summed E-state index contributed by atoms with van der Waals surface area (Å²) in [6, 6.07) is 13.1. The molecule has 1 aliphatic rings. The minimum Gasteiger partial charge on any atom is -0.493 e. The molecule has 1 aromatic heterocycles. The van der Waals surface area contributed by atoms with E-state index in [2.05, 4.69) is 4.98 Å². The Morgan fingerprint density at radius 1 is 1.09 bits per heavy atom. The van der Waals surface area contributed by atoms with Crippen LogP contribution in [0.3, 0.4) is 0 Å². The lowest BCUT2D eigenvalue weighted by Crippen LogP contribution is -2.44. The van der Waals surface area contributed by atoms with Crippen LogP contribution in [-0.2, 0) is 24.3 Å². The molecule has 0 saturated heterocycles. The standard InChI is InChI=1S/C25H29N5O5/c1-28(22-23(26)30(25(33)27-24(22)32)13-16-7-5-4-6-8-16)15-21(31)29-10-9-17-11-19(34-2)20(35-3)12-18(17)14-29/h4-8,11-12H,9-10,13-15,26H2,1-3H3,(H,27,32,33). The van der Waals surface area contributed by atoms with Gasteiger partial charge >= 0.3 is 5.69 Å². The van der Waals surface area contributed by atoms with Gasteiger partial charge in [-0.15, -0.1) is 0 Å². The fourth-order valence-electron chi connectivity index (χ4n) is 4.35. The molecular formula is C25H29N5O5. The topological polar surface area (TPSA) is 123 Å². The molecule has 0 spiro atoms. The Balaban J connectivity index is 1.54. The van der Waals surface area contributed by atoms with Gasteiger partial charge in [-0.1, -0.05) is 30.3 Å². The van der Waals surface area contributed by atoms with Crippen molar-refractivity contribution in [2.75, 3.05) is 45.0 Å². The number of H-pyrrole nitrogens is 1. The third-order valence-corrected chi connectivity index (χ3v) is 6.22. The van der Waals surface area contributed by atoms with Crippen LogP contribution in [0.2, 0.25) is 0 Å². The third-order valence-electron chi connectivity index (χ3n) is 6.22. The predicted octanol–water partition coefficient (Wildman–Crippen LogP) is 1.21. The average Bonchev–Trinajstić information content (AvgIpc) is 2.85. The fourth-order valence-corrected chi connectivity index (χ4v) is 4.35. The summed E-state index contributed by atoms with van der Waals surface area (Å²) in [4.78, 5) is 43.7. The summed E-state index contributed by atoms with van der Waals surface area (Å²) in [7, 11) is 4.78. The van der Waals surface area contributed by atoms with Crippen molar-refractivity contribution in [1.29, 1.82) is 0 Å². The van der Waals surface area contributed by atoms with Crippen molar-refractivity contribution in [3.8, 4) is 11.5 Å². The molecule has 10 heteroatoms. The number of likely N-dealkylation sites (N-methyl/N-ethyl adjacent to an activating group) is 1. The smallest absolute Gasteiger partial charge is 0.330 e. The van der Waals surface area contributed by atoms with E-state index in [1.807, 2.05) is 42.5 Å². The minimum atomic E-state index is -0.632. The van der Waals surface area contributed by atoms with Gasteiger partial charge < -0.3 is 25.0 Å². The normalized spacial score (nSPS) is 12.7. The van der Waals surface area contributed by atoms with Crippen molar-refractivity contribution in [3.63, 3.8) is 0 Å². The maximum absolute atomic E-state index is 13.1. The molecule has 1 amide bonds. The Morgan fingerprint density at radius 3 is 2.40 bits per heavy atom. The number of methoxy groups -OCH3 is 2. The van der Waals surface area contributed by atoms with Crippen LogP contribution < -0.4 is 31.4 Å². The fraction of sp³-hybridized carbons (Fsp3) is 0.320. The highest BCUT2D eigenvalue weighted by Gasteiger charge is 2.25. The molecule has 0 atom stereocenters. The number of nitrogens with two attached hydrogens (primary N) is 1. The number of nitrogens with zero attached hydrogens (tertiary/aromatic N) is 3. The minimum absolute atomic E-state index is 0.0127. The SMILES string of the molecule is COc1cc2c(cc1OC)CN(C(=O)CN(C)c1c(N)n(Cc3ccccc3)c(=O)[nH]c1=O)CC2. The molecule has 2 aromatic carbocycles. The van der Waals surface area contributed by atoms with Gasteiger partial charge in [-0.3, -0.25) is 19.1 Å². The van der Waals surface area contributed by atoms with Crippen molar-refractivity contribution in [1.82, 2.24) is 14.5 Å². The Bertz CT molecular complexity index is 1350. The van der Waals surface area contributed by atoms with E-state index in [0.717, 1.165) is 16.7 Å². The first-order chi connectivity index (χ1) is 16.8. The van der Waals surface area contributed by atoms with Gasteiger partial charge in [0.05, 0.1) is 27.3 Å². The molecule has 0 fully saturated rings. The van der Waals surface area contributed by atoms with E-state index >= 15 is 0 Å². The van der Waals surface area contributed by atoms with Crippen LogP contribution in [-0.4, -0.2) is 54.7 Å². The first-order valence-electron chi connectivity index (χ1n) is 11.2. The number of anilines is 2. The number of amides is 1. The van der Waals surface area contributed by atoms with E-state index in [1.165, 1.54) is 9.47 Å². The highest BCUT2D eigenvalue weighted by molar-refractivity contribution is 5.82. The van der Waals surface area contributed by atoms with Gasteiger partial charge in [-0.05, 0) is 35.2 Å². The van der Waals surface area contributed by atoms with Crippen LogP contribution >= 0.6 is 0 Å². The number of aromatic amines is 1. The van der Waals surface area contributed by atoms with Crippen molar-refractivity contribution in [3.05, 3.63) is 80.0 Å². The number of nitrogen functional groups attached to an aromatic ring is 1. The lowest BCUT2D eigenvalue weighted by atomic mass is 9.98. The molecule has 10 nitrogen and oxygen atoms in total. The summed E-state index contributed by atoms with van der Waals surface area (Å²) in [6.07, 6.45) is 0.676. The molecule has 0 bridgehead atoms. The summed E-state index contributed by atoms with van der Waals surface area (Å²) in [5, 5.41) is 0. The number of hydrogen-bond acceptors (Lipinski definition) is 7. The zero-order valence-electron chi connectivity index (χ0n) is 20.0. The highest BCUT2D eigenvalue weighted by atomic mass is 16.5. The molecule has 35 heavy (non-hydrogen) atoms. The number of ether oxygens (including phenoxy) is 2. The quantitative estimate of drug-likeness (QED) is 0.522. The average molecular weight is 480 g/mol. The number of nitrogens with one attached hydrogen (secondary N) is 1. The maximum atomic E-state index is 13.1. The second-order valence-electron chi connectivity index (χ2n) is 8.46. The molecule has 3 N–H and O–H groups in total. The monoisotopic (exact) mass is 479 g/mol. The van der Waals surface area contributed by atoms with E-state index in [9.17, 15) is 14.4 Å². The van der Waals surface area contributed by atoms with Crippen molar-refractivity contribution < 1.29 is 14.3 Å². The molecular weight excluding hydrogens is 450 g/mol.